The molecule has 0 fully saturated rings. The number of aryl methyl sites for hydroxylation is 1. The molecule has 0 atom stereocenters. The van der Waals surface area contributed by atoms with Crippen molar-refractivity contribution in [2.24, 2.45) is 0 Å². The van der Waals surface area contributed by atoms with Crippen molar-refractivity contribution in [3.63, 3.8) is 0 Å². The molecule has 0 saturated heterocycles. The van der Waals surface area contributed by atoms with E-state index in [1.54, 1.807) is 0 Å². The number of benzene rings is 1. The molecule has 2 N–H and O–H groups in total. The molecule has 3 rings (SSSR count). The first-order valence-electron chi connectivity index (χ1n) is 16.3. The lowest BCUT2D eigenvalue weighted by Crippen LogP contribution is -2.30. The summed E-state index contributed by atoms with van der Waals surface area (Å²) in [5.41, 5.74) is 2.26. The summed E-state index contributed by atoms with van der Waals surface area (Å²) >= 11 is 6.44. The molecule has 0 unspecified atom stereocenters. The third kappa shape index (κ3) is 11.9. The van der Waals surface area contributed by atoms with Crippen LogP contribution in [-0.4, -0.2) is 44.3 Å². The molecule has 1 amide bonds. The number of aromatic amines is 1. The number of nitrogens with one attached hydrogen (secondary N) is 2. The van der Waals surface area contributed by atoms with Crippen LogP contribution in [-0.2, 0) is 16.6 Å². The number of fused-ring (bicyclic) bond motifs is 1. The van der Waals surface area contributed by atoms with E-state index in [9.17, 15) is 4.79 Å². The Labute approximate surface area is 257 Å². The number of carbonyl (C=O) groups is 1. The van der Waals surface area contributed by atoms with Crippen LogP contribution in [0.25, 0.3) is 5.65 Å². The lowest BCUT2D eigenvalue weighted by molar-refractivity contribution is -0.121. The van der Waals surface area contributed by atoms with Crippen LogP contribution in [0.15, 0.2) is 24.3 Å². The van der Waals surface area contributed by atoms with Crippen LogP contribution in [0.3, 0.4) is 0 Å². The molecule has 234 valence electrons. The van der Waals surface area contributed by atoms with Gasteiger partial charge in [-0.25, -0.2) is 0 Å². The average Bonchev–Trinajstić information content (AvgIpc) is 3.57. The molecule has 8 nitrogen and oxygen atoms in total. The molecular formula is C33H53ClN6O2. The first-order chi connectivity index (χ1) is 20.4. The van der Waals surface area contributed by atoms with E-state index in [0.717, 1.165) is 17.9 Å². The van der Waals surface area contributed by atoms with Crippen LogP contribution in [0.4, 0.5) is 0 Å². The number of aromatic nitrogens is 5. The smallest absolute Gasteiger partial charge is 0.220 e. The van der Waals surface area contributed by atoms with E-state index in [-0.39, 0.29) is 11.3 Å². The zero-order chi connectivity index (χ0) is 30.0. The third-order valence-electron chi connectivity index (χ3n) is 8.09. The van der Waals surface area contributed by atoms with Gasteiger partial charge >= 0.3 is 0 Å². The topological polar surface area (TPSA) is 97.2 Å². The van der Waals surface area contributed by atoms with Gasteiger partial charge in [0, 0.05) is 18.4 Å². The molecule has 2 aromatic heterocycles. The molecule has 0 aliphatic carbocycles. The van der Waals surface area contributed by atoms with Gasteiger partial charge in [0.15, 0.2) is 0 Å². The fraction of sp³-hybridized carbons (Fsp3) is 0.697. The van der Waals surface area contributed by atoms with Gasteiger partial charge in [-0.2, -0.15) is 10.3 Å². The van der Waals surface area contributed by atoms with E-state index in [0.29, 0.717) is 43.1 Å². The molecule has 3 aromatic rings. The van der Waals surface area contributed by atoms with Gasteiger partial charge in [0.05, 0.1) is 12.3 Å². The standard InChI is InChI=1S/C33H53ClN6O2/c1-4-5-6-7-8-9-10-11-12-13-14-15-16-19-27-20-17-21-28(26-27)42-25-18-22-29(41)35-24-23-33(2,3)31-30(34)32-36-38-39-40(32)37-31/h17,20-21,26H,4-16,18-19,22-25H2,1-3H3,(H,35,41)(H,36,39). The summed E-state index contributed by atoms with van der Waals surface area (Å²) in [5, 5.41) is 18.3. The second-order valence-electron chi connectivity index (χ2n) is 12.3. The normalized spacial score (nSPS) is 11.8. The zero-order valence-electron chi connectivity index (χ0n) is 26.2. The van der Waals surface area contributed by atoms with Crippen molar-refractivity contribution in [1.29, 1.82) is 0 Å². The Morgan fingerprint density at radius 3 is 2.31 bits per heavy atom. The molecular weight excluding hydrogens is 548 g/mol. The second-order valence-corrected chi connectivity index (χ2v) is 12.7. The van der Waals surface area contributed by atoms with E-state index in [1.165, 1.54) is 93.7 Å². The Morgan fingerprint density at radius 1 is 0.976 bits per heavy atom. The van der Waals surface area contributed by atoms with Gasteiger partial charge in [-0.3, -0.25) is 4.79 Å². The maximum Gasteiger partial charge on any atom is 0.220 e. The molecule has 0 spiro atoms. The minimum atomic E-state index is -0.319. The van der Waals surface area contributed by atoms with E-state index >= 15 is 0 Å². The number of tetrazole rings is 1. The lowest BCUT2D eigenvalue weighted by Gasteiger charge is -2.22. The van der Waals surface area contributed by atoms with Crippen LogP contribution >= 0.6 is 11.6 Å². The third-order valence-corrected chi connectivity index (χ3v) is 8.43. The van der Waals surface area contributed by atoms with Gasteiger partial charge in [-0.1, -0.05) is 122 Å². The second kappa shape index (κ2) is 18.8. The van der Waals surface area contributed by atoms with Crippen LogP contribution in [0, 0.1) is 0 Å². The highest BCUT2D eigenvalue weighted by molar-refractivity contribution is 6.34. The van der Waals surface area contributed by atoms with Crippen molar-refractivity contribution in [3.8, 4) is 5.75 Å². The molecule has 0 bridgehead atoms. The minimum absolute atomic E-state index is 0.0273. The van der Waals surface area contributed by atoms with Gasteiger partial charge in [0.2, 0.25) is 11.6 Å². The number of H-pyrrole nitrogens is 1. The summed E-state index contributed by atoms with van der Waals surface area (Å²) in [6.07, 6.45) is 20.8. The predicted octanol–water partition coefficient (Wildman–Crippen LogP) is 8.38. The van der Waals surface area contributed by atoms with Crippen LogP contribution in [0.1, 0.15) is 135 Å². The first-order valence-corrected chi connectivity index (χ1v) is 16.7. The number of nitrogens with zero attached hydrogens (tertiary/aromatic N) is 4. The number of amides is 1. The molecule has 0 aliphatic heterocycles. The number of hydrogen-bond acceptors (Lipinski definition) is 5. The number of rotatable bonds is 23. The number of unbranched alkanes of at least 4 members (excludes halogenated alkanes) is 12. The molecule has 42 heavy (non-hydrogen) atoms. The van der Waals surface area contributed by atoms with Crippen molar-refractivity contribution in [1.82, 2.24) is 30.6 Å². The highest BCUT2D eigenvalue weighted by atomic mass is 35.5. The number of ether oxygens (including phenoxy) is 1. The van der Waals surface area contributed by atoms with Gasteiger partial charge in [0.1, 0.15) is 10.8 Å². The minimum Gasteiger partial charge on any atom is -0.494 e. The van der Waals surface area contributed by atoms with E-state index in [2.05, 4.69) is 64.9 Å². The van der Waals surface area contributed by atoms with Crippen molar-refractivity contribution in [2.75, 3.05) is 13.2 Å². The van der Waals surface area contributed by atoms with Crippen molar-refractivity contribution in [3.05, 3.63) is 40.5 Å². The van der Waals surface area contributed by atoms with Crippen LogP contribution < -0.4 is 10.1 Å². The number of hydrogen-bond donors (Lipinski definition) is 2. The van der Waals surface area contributed by atoms with Crippen molar-refractivity contribution < 1.29 is 9.53 Å². The molecule has 0 aliphatic rings. The summed E-state index contributed by atoms with van der Waals surface area (Å²) in [7, 11) is 0. The SMILES string of the molecule is CCCCCCCCCCCCCCCc1cccc(OCCCC(=O)NCCC(C)(C)c2nn3[nH]nnc3c2Cl)c1. The van der Waals surface area contributed by atoms with Crippen molar-refractivity contribution >= 4 is 23.2 Å². The molecule has 2 heterocycles. The van der Waals surface area contributed by atoms with E-state index in [4.69, 9.17) is 16.3 Å². The summed E-state index contributed by atoms with van der Waals surface area (Å²) < 4.78 is 7.41. The Balaban J connectivity index is 1.19. The zero-order valence-corrected chi connectivity index (χ0v) is 27.0. The summed E-state index contributed by atoms with van der Waals surface area (Å²) in [5.74, 6) is 0.918. The van der Waals surface area contributed by atoms with Gasteiger partial charge < -0.3 is 10.1 Å². The average molecular weight is 601 g/mol. The molecule has 0 radical (unpaired) electrons. The maximum absolute atomic E-state index is 12.4. The Bertz CT molecular complexity index is 1170. The highest BCUT2D eigenvalue weighted by Crippen LogP contribution is 2.33. The quantitative estimate of drug-likeness (QED) is 0.107. The van der Waals surface area contributed by atoms with E-state index in [1.807, 2.05) is 6.07 Å². The highest BCUT2D eigenvalue weighted by Gasteiger charge is 2.29. The first kappa shape index (κ1) is 33.9. The van der Waals surface area contributed by atoms with Gasteiger partial charge in [-0.05, 0) is 48.6 Å². The summed E-state index contributed by atoms with van der Waals surface area (Å²) in [6, 6.07) is 8.41. The number of halogens is 1. The maximum atomic E-state index is 12.4. The lowest BCUT2D eigenvalue weighted by atomic mass is 9.85. The Hall–Kier alpha value is -2.61. The van der Waals surface area contributed by atoms with Crippen LogP contribution in [0.5, 0.6) is 5.75 Å². The Kier molecular flexibility index (Phi) is 15.2. The van der Waals surface area contributed by atoms with Crippen LogP contribution in [0.2, 0.25) is 5.02 Å². The largest absolute Gasteiger partial charge is 0.494 e. The molecule has 0 saturated carbocycles. The monoisotopic (exact) mass is 600 g/mol. The Morgan fingerprint density at radius 2 is 1.64 bits per heavy atom. The molecule has 9 heteroatoms. The molecule has 1 aromatic carbocycles. The van der Waals surface area contributed by atoms with E-state index < -0.39 is 0 Å². The fourth-order valence-corrected chi connectivity index (χ4v) is 5.78. The van der Waals surface area contributed by atoms with Crippen molar-refractivity contribution in [2.45, 2.75) is 135 Å². The fourth-order valence-electron chi connectivity index (χ4n) is 5.37. The van der Waals surface area contributed by atoms with Gasteiger partial charge in [0.25, 0.3) is 0 Å². The predicted molar refractivity (Wildman–Crippen MR) is 171 cm³/mol. The summed E-state index contributed by atoms with van der Waals surface area (Å²) in [4.78, 5) is 12.4. The van der Waals surface area contributed by atoms with Gasteiger partial charge in [-0.15, -0.1) is 9.73 Å². The number of carbonyl (C=O) groups excluding carboxylic acids is 1. The summed E-state index contributed by atoms with van der Waals surface area (Å²) in [6.45, 7) is 7.46.